The van der Waals surface area contributed by atoms with Crippen molar-refractivity contribution in [3.8, 4) is 0 Å². The van der Waals surface area contributed by atoms with Crippen molar-refractivity contribution in [3.05, 3.63) is 29.8 Å². The Morgan fingerprint density at radius 3 is 2.62 bits per heavy atom. The summed E-state index contributed by atoms with van der Waals surface area (Å²) >= 11 is 0. The zero-order chi connectivity index (χ0) is 12.0. The number of benzene rings is 1. The van der Waals surface area contributed by atoms with Crippen LogP contribution in [0.25, 0.3) is 0 Å². The highest BCUT2D eigenvalue weighted by molar-refractivity contribution is 5.40. The van der Waals surface area contributed by atoms with Crippen LogP contribution in [0.5, 0.6) is 0 Å². The van der Waals surface area contributed by atoms with Crippen molar-refractivity contribution in [2.24, 2.45) is 0 Å². The first-order valence-corrected chi connectivity index (χ1v) is 5.09. The van der Waals surface area contributed by atoms with Crippen molar-refractivity contribution in [1.82, 2.24) is 5.32 Å². The van der Waals surface area contributed by atoms with Crippen LogP contribution in [0.3, 0.4) is 0 Å². The van der Waals surface area contributed by atoms with E-state index in [2.05, 4.69) is 5.32 Å². The fourth-order valence-corrected chi connectivity index (χ4v) is 1.35. The van der Waals surface area contributed by atoms with Gasteiger partial charge in [-0.15, -0.1) is 0 Å². The fraction of sp³-hybridized carbons (Fsp3) is 0.455. The van der Waals surface area contributed by atoms with Crippen molar-refractivity contribution in [2.75, 3.05) is 12.3 Å². The monoisotopic (exact) mass is 232 g/mol. The number of anilines is 1. The molecule has 90 valence electrons. The first-order chi connectivity index (χ1) is 7.47. The first-order valence-electron chi connectivity index (χ1n) is 5.09. The van der Waals surface area contributed by atoms with Crippen molar-refractivity contribution < 1.29 is 13.2 Å². The van der Waals surface area contributed by atoms with Gasteiger partial charge in [0.1, 0.15) is 0 Å². The van der Waals surface area contributed by atoms with Crippen LogP contribution in [-0.2, 0) is 6.54 Å². The maximum Gasteiger partial charge on any atom is 0.389 e. The molecule has 0 heterocycles. The SMILES string of the molecule is Nc1cccc(CNCCCC(F)(F)F)c1. The van der Waals surface area contributed by atoms with E-state index in [9.17, 15) is 13.2 Å². The highest BCUT2D eigenvalue weighted by Crippen LogP contribution is 2.20. The Bertz CT molecular complexity index is 323. The van der Waals surface area contributed by atoms with Crippen LogP contribution in [0.1, 0.15) is 18.4 Å². The normalized spacial score (nSPS) is 11.7. The third-order valence-electron chi connectivity index (χ3n) is 2.09. The second kappa shape index (κ2) is 5.75. The third-order valence-corrected chi connectivity index (χ3v) is 2.09. The molecular formula is C11H15F3N2. The van der Waals surface area contributed by atoms with Crippen LogP contribution < -0.4 is 11.1 Å². The Morgan fingerprint density at radius 2 is 2.00 bits per heavy atom. The Morgan fingerprint density at radius 1 is 1.25 bits per heavy atom. The molecule has 0 bridgehead atoms. The largest absolute Gasteiger partial charge is 0.399 e. The minimum Gasteiger partial charge on any atom is -0.399 e. The quantitative estimate of drug-likeness (QED) is 0.605. The molecule has 0 aromatic heterocycles. The smallest absolute Gasteiger partial charge is 0.389 e. The van der Waals surface area contributed by atoms with Gasteiger partial charge in [-0.3, -0.25) is 0 Å². The van der Waals surface area contributed by atoms with Crippen LogP contribution in [0, 0.1) is 0 Å². The molecule has 0 unspecified atom stereocenters. The molecule has 1 aromatic rings. The molecule has 1 rings (SSSR count). The summed E-state index contributed by atoms with van der Waals surface area (Å²) in [6, 6.07) is 7.28. The van der Waals surface area contributed by atoms with Crippen molar-refractivity contribution in [1.29, 1.82) is 0 Å². The molecule has 2 nitrogen and oxygen atoms in total. The molecule has 0 atom stereocenters. The standard InChI is InChI=1S/C11H15F3N2/c12-11(13,14)5-2-6-16-8-9-3-1-4-10(15)7-9/h1,3-4,7,16H,2,5-6,8,15H2. The fourth-order valence-electron chi connectivity index (χ4n) is 1.35. The van der Waals surface area contributed by atoms with Gasteiger partial charge < -0.3 is 11.1 Å². The van der Waals surface area contributed by atoms with E-state index >= 15 is 0 Å². The summed E-state index contributed by atoms with van der Waals surface area (Å²) < 4.78 is 35.4. The van der Waals surface area contributed by atoms with E-state index < -0.39 is 12.6 Å². The summed E-state index contributed by atoms with van der Waals surface area (Å²) in [6.45, 7) is 0.900. The van der Waals surface area contributed by atoms with E-state index in [1.54, 1.807) is 12.1 Å². The highest BCUT2D eigenvalue weighted by atomic mass is 19.4. The van der Waals surface area contributed by atoms with Crippen molar-refractivity contribution >= 4 is 5.69 Å². The summed E-state index contributed by atoms with van der Waals surface area (Å²) in [6.07, 6.45) is -4.69. The van der Waals surface area contributed by atoms with E-state index in [4.69, 9.17) is 5.73 Å². The van der Waals surface area contributed by atoms with E-state index in [-0.39, 0.29) is 6.42 Å². The number of nitrogens with one attached hydrogen (secondary N) is 1. The molecule has 0 saturated heterocycles. The summed E-state index contributed by atoms with van der Waals surface area (Å²) in [4.78, 5) is 0. The average molecular weight is 232 g/mol. The lowest BCUT2D eigenvalue weighted by Gasteiger charge is -2.07. The molecule has 1 aromatic carbocycles. The topological polar surface area (TPSA) is 38.0 Å². The molecule has 0 aliphatic carbocycles. The van der Waals surface area contributed by atoms with Crippen LogP contribution in [0.4, 0.5) is 18.9 Å². The Kier molecular flexibility index (Phi) is 4.61. The molecule has 16 heavy (non-hydrogen) atoms. The second-order valence-corrected chi connectivity index (χ2v) is 3.64. The molecule has 5 heteroatoms. The lowest BCUT2D eigenvalue weighted by atomic mass is 10.2. The molecule has 0 amide bonds. The Labute approximate surface area is 92.6 Å². The Hall–Kier alpha value is -1.23. The van der Waals surface area contributed by atoms with Crippen LogP contribution in [0.2, 0.25) is 0 Å². The summed E-state index contributed by atoms with van der Waals surface area (Å²) in [5.41, 5.74) is 7.21. The van der Waals surface area contributed by atoms with Crippen molar-refractivity contribution in [3.63, 3.8) is 0 Å². The minimum absolute atomic E-state index is 0.103. The minimum atomic E-state index is -4.06. The van der Waals surface area contributed by atoms with Gasteiger partial charge in [0.25, 0.3) is 0 Å². The van der Waals surface area contributed by atoms with Gasteiger partial charge in [-0.05, 0) is 30.7 Å². The van der Waals surface area contributed by atoms with Gasteiger partial charge in [-0.1, -0.05) is 12.1 Å². The van der Waals surface area contributed by atoms with E-state index in [1.165, 1.54) is 0 Å². The van der Waals surface area contributed by atoms with E-state index in [0.717, 1.165) is 5.56 Å². The third kappa shape index (κ3) is 5.60. The molecule has 0 fully saturated rings. The molecular weight excluding hydrogens is 217 g/mol. The maximum absolute atomic E-state index is 11.8. The predicted molar refractivity (Wildman–Crippen MR) is 57.9 cm³/mol. The molecule has 0 aliphatic heterocycles. The molecule has 0 spiro atoms. The summed E-state index contributed by atoms with van der Waals surface area (Å²) in [7, 11) is 0. The van der Waals surface area contributed by atoms with Crippen molar-refractivity contribution in [2.45, 2.75) is 25.6 Å². The molecule has 3 N–H and O–H groups in total. The van der Waals surface area contributed by atoms with Gasteiger partial charge in [0, 0.05) is 18.7 Å². The maximum atomic E-state index is 11.8. The average Bonchev–Trinajstić information content (AvgIpc) is 2.15. The predicted octanol–water partition coefficient (Wildman–Crippen LogP) is 2.70. The molecule has 0 saturated carbocycles. The van der Waals surface area contributed by atoms with Crippen LogP contribution >= 0.6 is 0 Å². The number of alkyl halides is 3. The molecule has 0 radical (unpaired) electrons. The van der Waals surface area contributed by atoms with Gasteiger partial charge in [0.2, 0.25) is 0 Å². The van der Waals surface area contributed by atoms with E-state index in [0.29, 0.717) is 18.8 Å². The first kappa shape index (κ1) is 12.8. The molecule has 0 aliphatic rings. The number of hydrogen-bond donors (Lipinski definition) is 2. The number of halogens is 3. The summed E-state index contributed by atoms with van der Waals surface area (Å²) in [5.74, 6) is 0. The zero-order valence-corrected chi connectivity index (χ0v) is 8.85. The van der Waals surface area contributed by atoms with Gasteiger partial charge >= 0.3 is 6.18 Å². The highest BCUT2D eigenvalue weighted by Gasteiger charge is 2.25. The van der Waals surface area contributed by atoms with Crippen LogP contribution in [-0.4, -0.2) is 12.7 Å². The van der Waals surface area contributed by atoms with Gasteiger partial charge in [0.05, 0.1) is 0 Å². The number of nitrogens with two attached hydrogens (primary N) is 1. The lowest BCUT2D eigenvalue weighted by molar-refractivity contribution is -0.135. The summed E-state index contributed by atoms with van der Waals surface area (Å²) in [5, 5.41) is 2.95. The van der Waals surface area contributed by atoms with Gasteiger partial charge in [-0.25, -0.2) is 0 Å². The van der Waals surface area contributed by atoms with Crippen LogP contribution in [0.15, 0.2) is 24.3 Å². The second-order valence-electron chi connectivity index (χ2n) is 3.64. The Balaban J connectivity index is 2.17. The number of nitrogen functional groups attached to an aromatic ring is 1. The lowest BCUT2D eigenvalue weighted by Crippen LogP contribution is -2.17. The van der Waals surface area contributed by atoms with E-state index in [1.807, 2.05) is 12.1 Å². The van der Waals surface area contributed by atoms with Gasteiger partial charge in [0.15, 0.2) is 0 Å². The number of rotatable bonds is 5. The zero-order valence-electron chi connectivity index (χ0n) is 8.85. The number of hydrogen-bond acceptors (Lipinski definition) is 2. The van der Waals surface area contributed by atoms with Gasteiger partial charge in [-0.2, -0.15) is 13.2 Å².